The van der Waals surface area contributed by atoms with Crippen molar-refractivity contribution >= 4 is 15.0 Å². The second-order valence-corrected chi connectivity index (χ2v) is 8.03. The van der Waals surface area contributed by atoms with Crippen LogP contribution >= 0.6 is 0 Å². The summed E-state index contributed by atoms with van der Waals surface area (Å²) in [5.41, 5.74) is 1.64. The monoisotopic (exact) mass is 348 g/mol. The number of benzene rings is 2. The molecule has 24 heavy (non-hydrogen) atoms. The minimum Gasteiger partial charge on any atom is -0.489 e. The lowest BCUT2D eigenvalue weighted by atomic mass is 10.1. The molecule has 0 aliphatic rings. The first-order valence-corrected chi connectivity index (χ1v) is 10.5. The molecule has 0 saturated heterocycles. The molecule has 2 rings (SSSR count). The third kappa shape index (κ3) is 5.18. The summed E-state index contributed by atoms with van der Waals surface area (Å²) >= 11 is 0. The first-order chi connectivity index (χ1) is 11.5. The Labute approximate surface area is 142 Å². The molecule has 0 radical (unpaired) electrons. The van der Waals surface area contributed by atoms with Crippen LogP contribution in [0.2, 0.25) is 13.1 Å². The highest BCUT2D eigenvalue weighted by atomic mass is 28.3. The lowest BCUT2D eigenvalue weighted by molar-refractivity contribution is 0.0595. The molecule has 0 aromatic heterocycles. The van der Waals surface area contributed by atoms with Crippen LogP contribution < -0.4 is 4.74 Å². The fraction of sp³-hybridized carbons (Fsp3) is 0.278. The Morgan fingerprint density at radius 1 is 1.08 bits per heavy atom. The molecule has 0 aliphatic carbocycles. The molecule has 0 saturated carbocycles. The largest absolute Gasteiger partial charge is 0.489 e. The molecule has 0 aliphatic heterocycles. The van der Waals surface area contributed by atoms with Crippen molar-refractivity contribution in [3.63, 3.8) is 0 Å². The first kappa shape index (κ1) is 18.2. The number of hydrogen-bond donors (Lipinski definition) is 0. The molecule has 0 N–H and O–H groups in total. The molecular weight excluding hydrogens is 327 g/mol. The number of carbonyl (C=O) groups is 1. The first-order valence-electron chi connectivity index (χ1n) is 7.69. The summed E-state index contributed by atoms with van der Waals surface area (Å²) < 4.78 is 29.6. The lowest BCUT2D eigenvalue weighted by Gasteiger charge is -2.11. The highest BCUT2D eigenvalue weighted by Gasteiger charge is 2.13. The van der Waals surface area contributed by atoms with Gasteiger partial charge < -0.3 is 13.9 Å². The van der Waals surface area contributed by atoms with Crippen LogP contribution in [-0.4, -0.2) is 22.1 Å². The maximum absolute atomic E-state index is 13.6. The van der Waals surface area contributed by atoms with E-state index in [0.29, 0.717) is 17.9 Å². The molecule has 0 spiro atoms. The molecule has 0 amide bonds. The van der Waals surface area contributed by atoms with Gasteiger partial charge in [0.15, 0.2) is 9.04 Å². The molecule has 0 atom stereocenters. The zero-order valence-electron chi connectivity index (χ0n) is 14.0. The quantitative estimate of drug-likeness (QED) is 0.565. The van der Waals surface area contributed by atoms with E-state index in [2.05, 4.69) is 17.8 Å². The van der Waals surface area contributed by atoms with E-state index < -0.39 is 20.8 Å². The Morgan fingerprint density at radius 2 is 1.83 bits per heavy atom. The Kier molecular flexibility index (Phi) is 6.51. The fourth-order valence-electron chi connectivity index (χ4n) is 2.08. The van der Waals surface area contributed by atoms with E-state index in [9.17, 15) is 9.18 Å². The lowest BCUT2D eigenvalue weighted by Crippen LogP contribution is -2.07. The van der Waals surface area contributed by atoms with Crippen LogP contribution in [-0.2, 0) is 22.4 Å². The van der Waals surface area contributed by atoms with Gasteiger partial charge in [-0.1, -0.05) is 18.2 Å². The topological polar surface area (TPSA) is 44.8 Å². The average molecular weight is 348 g/mol. The summed E-state index contributed by atoms with van der Waals surface area (Å²) in [6, 6.07) is 11.9. The zero-order chi connectivity index (χ0) is 17.5. The standard InChI is InChI=1S/C18H21FO4Si/c1-21-18(20)16-10-14(7-8-17(16)19)11-22-15-6-4-5-13(9-15)12-23-24(2)3/h4-10,24H,11-12H2,1-3H3. The number of carbonyl (C=O) groups excluding carboxylic acids is 1. The predicted molar refractivity (Wildman–Crippen MR) is 92.2 cm³/mol. The van der Waals surface area contributed by atoms with E-state index in [0.717, 1.165) is 5.56 Å². The van der Waals surface area contributed by atoms with Crippen molar-refractivity contribution in [1.29, 1.82) is 0 Å². The number of ether oxygens (including phenoxy) is 2. The summed E-state index contributed by atoms with van der Waals surface area (Å²) in [6.07, 6.45) is 0. The summed E-state index contributed by atoms with van der Waals surface area (Å²) in [6.45, 7) is 5.04. The van der Waals surface area contributed by atoms with Crippen LogP contribution in [0.4, 0.5) is 4.39 Å². The third-order valence-electron chi connectivity index (χ3n) is 3.32. The van der Waals surface area contributed by atoms with Gasteiger partial charge in [-0.15, -0.1) is 0 Å². The predicted octanol–water partition coefficient (Wildman–Crippen LogP) is 3.69. The highest BCUT2D eigenvalue weighted by molar-refractivity contribution is 6.48. The van der Waals surface area contributed by atoms with Crippen LogP contribution in [0.15, 0.2) is 42.5 Å². The molecule has 0 heterocycles. The van der Waals surface area contributed by atoms with Crippen molar-refractivity contribution < 1.29 is 23.1 Å². The second-order valence-electron chi connectivity index (χ2n) is 5.60. The Bertz CT molecular complexity index is 703. The van der Waals surface area contributed by atoms with Crippen LogP contribution in [0, 0.1) is 5.82 Å². The van der Waals surface area contributed by atoms with E-state index >= 15 is 0 Å². The average Bonchev–Trinajstić information content (AvgIpc) is 2.59. The van der Waals surface area contributed by atoms with E-state index in [1.54, 1.807) is 6.07 Å². The van der Waals surface area contributed by atoms with Gasteiger partial charge in [-0.2, -0.15) is 0 Å². The maximum atomic E-state index is 13.6. The van der Waals surface area contributed by atoms with Crippen molar-refractivity contribution in [1.82, 2.24) is 0 Å². The van der Waals surface area contributed by atoms with Crippen molar-refractivity contribution in [2.75, 3.05) is 7.11 Å². The summed E-state index contributed by atoms with van der Waals surface area (Å²) in [5, 5.41) is 0. The van der Waals surface area contributed by atoms with Crippen molar-refractivity contribution in [3.05, 3.63) is 65.0 Å². The van der Waals surface area contributed by atoms with Crippen LogP contribution in [0.25, 0.3) is 0 Å². The van der Waals surface area contributed by atoms with Crippen molar-refractivity contribution in [2.45, 2.75) is 26.3 Å². The van der Waals surface area contributed by atoms with E-state index in [4.69, 9.17) is 9.16 Å². The van der Waals surface area contributed by atoms with Crippen LogP contribution in [0.5, 0.6) is 5.75 Å². The molecule has 2 aromatic rings. The third-order valence-corrected chi connectivity index (χ3v) is 4.16. The van der Waals surface area contributed by atoms with Gasteiger partial charge in [-0.3, -0.25) is 0 Å². The van der Waals surface area contributed by atoms with Gasteiger partial charge in [0.05, 0.1) is 19.3 Å². The SMILES string of the molecule is COC(=O)c1cc(COc2cccc(CO[SiH](C)C)c2)ccc1F. The Hall–Kier alpha value is -2.18. The minimum absolute atomic E-state index is 0.0948. The summed E-state index contributed by atoms with van der Waals surface area (Å²) in [7, 11) is 0.156. The molecule has 0 fully saturated rings. The zero-order valence-corrected chi connectivity index (χ0v) is 15.2. The van der Waals surface area contributed by atoms with Crippen LogP contribution in [0.1, 0.15) is 21.5 Å². The number of hydrogen-bond acceptors (Lipinski definition) is 4. The van der Waals surface area contributed by atoms with Gasteiger partial charge in [-0.25, -0.2) is 9.18 Å². The Morgan fingerprint density at radius 3 is 2.54 bits per heavy atom. The van der Waals surface area contributed by atoms with Gasteiger partial charge in [0.1, 0.15) is 18.2 Å². The summed E-state index contributed by atoms with van der Waals surface area (Å²) in [5.74, 6) is -0.612. The van der Waals surface area contributed by atoms with Gasteiger partial charge in [0, 0.05) is 0 Å². The van der Waals surface area contributed by atoms with Crippen molar-refractivity contribution in [3.8, 4) is 5.75 Å². The normalized spacial score (nSPS) is 10.7. The smallest absolute Gasteiger partial charge is 0.340 e. The molecule has 128 valence electrons. The van der Waals surface area contributed by atoms with Crippen molar-refractivity contribution in [2.24, 2.45) is 0 Å². The number of esters is 1. The van der Waals surface area contributed by atoms with Gasteiger partial charge in [0.2, 0.25) is 0 Å². The minimum atomic E-state index is -1.07. The molecular formula is C18H21FO4Si. The van der Waals surface area contributed by atoms with Gasteiger partial charge in [-0.05, 0) is 48.5 Å². The molecule has 6 heteroatoms. The molecule has 2 aromatic carbocycles. The molecule has 4 nitrogen and oxygen atoms in total. The molecule has 0 unspecified atom stereocenters. The summed E-state index contributed by atoms with van der Waals surface area (Å²) in [4.78, 5) is 11.5. The van der Waals surface area contributed by atoms with E-state index in [1.807, 2.05) is 24.3 Å². The number of rotatable bonds is 7. The van der Waals surface area contributed by atoms with Gasteiger partial charge in [0.25, 0.3) is 0 Å². The van der Waals surface area contributed by atoms with Gasteiger partial charge >= 0.3 is 5.97 Å². The number of halogens is 1. The Balaban J connectivity index is 2.03. The second kappa shape index (κ2) is 8.61. The highest BCUT2D eigenvalue weighted by Crippen LogP contribution is 2.18. The molecule has 0 bridgehead atoms. The fourth-order valence-corrected chi connectivity index (χ4v) is 2.61. The van der Waals surface area contributed by atoms with E-state index in [1.165, 1.54) is 19.2 Å². The maximum Gasteiger partial charge on any atom is 0.340 e. The van der Waals surface area contributed by atoms with Crippen LogP contribution in [0.3, 0.4) is 0 Å². The number of methoxy groups -OCH3 is 1. The van der Waals surface area contributed by atoms with E-state index in [-0.39, 0.29) is 12.2 Å².